The SMILES string of the molecule is CC(C)(CO)C(=O)SCCOP(=O)(NCc1ccccc1C(F)(F)F)OC[C@H]1O[C@@H](n2ccc(N)nc2=O)[C@@](C)(O)C1O. The van der Waals surface area contributed by atoms with Crippen LogP contribution in [0.4, 0.5) is 19.0 Å². The van der Waals surface area contributed by atoms with E-state index in [1.165, 1.54) is 51.2 Å². The van der Waals surface area contributed by atoms with Crippen LogP contribution in [-0.2, 0) is 35.9 Å². The highest BCUT2D eigenvalue weighted by atomic mass is 32.2. The summed E-state index contributed by atoms with van der Waals surface area (Å²) < 4.78 is 71.5. The molecule has 1 aromatic heterocycles. The van der Waals surface area contributed by atoms with Crippen LogP contribution in [0.3, 0.4) is 0 Å². The van der Waals surface area contributed by atoms with E-state index in [0.29, 0.717) is 0 Å². The number of alkyl halides is 3. The molecule has 1 saturated heterocycles. The summed E-state index contributed by atoms with van der Waals surface area (Å²) in [6.07, 6.45) is -8.02. The third-order valence-electron chi connectivity index (χ3n) is 6.58. The van der Waals surface area contributed by atoms with Crippen molar-refractivity contribution in [1.82, 2.24) is 14.6 Å². The van der Waals surface area contributed by atoms with E-state index >= 15 is 0 Å². The molecule has 2 unspecified atom stereocenters. The van der Waals surface area contributed by atoms with Gasteiger partial charge in [0.15, 0.2) is 11.3 Å². The highest BCUT2D eigenvalue weighted by molar-refractivity contribution is 8.13. The molecule has 0 saturated carbocycles. The second kappa shape index (κ2) is 13.7. The topological polar surface area (TPSA) is 195 Å². The van der Waals surface area contributed by atoms with Gasteiger partial charge in [-0.2, -0.15) is 18.2 Å². The van der Waals surface area contributed by atoms with E-state index in [1.54, 1.807) is 0 Å². The van der Waals surface area contributed by atoms with Crippen LogP contribution < -0.4 is 16.5 Å². The fraction of sp³-hybridized carbons (Fsp3) is 0.560. The summed E-state index contributed by atoms with van der Waals surface area (Å²) in [6.45, 7) is 2.19. The van der Waals surface area contributed by atoms with Crippen LogP contribution in [-0.4, -0.2) is 73.4 Å². The lowest BCUT2D eigenvalue weighted by atomic mass is 9.96. The molecule has 13 nitrogen and oxygen atoms in total. The molecule has 6 N–H and O–H groups in total. The first-order valence-electron chi connectivity index (χ1n) is 12.9. The number of hydrogen-bond donors (Lipinski definition) is 5. The van der Waals surface area contributed by atoms with Gasteiger partial charge in [-0.15, -0.1) is 0 Å². The van der Waals surface area contributed by atoms with Gasteiger partial charge in [-0.25, -0.2) is 14.4 Å². The molecule has 0 spiro atoms. The number of anilines is 1. The number of nitrogen functional groups attached to an aromatic ring is 1. The minimum Gasteiger partial charge on any atom is -0.395 e. The standard InChI is InChI=1S/C25H34F3N4O9PS/c1-23(2,14-33)21(35)43-11-10-39-42(38,30-12-15-6-4-5-7-16(15)25(26,27)28)40-13-17-19(34)24(3,37)20(41-17)32-9-8-18(29)31-22(32)36/h4-9,17,19-20,33-34,37H,10-14H2,1-3H3,(H,30,38)(H2,29,31,36)/t17-,19?,20-,24+,42?/m1/s1. The summed E-state index contributed by atoms with van der Waals surface area (Å²) in [7, 11) is -4.45. The summed E-state index contributed by atoms with van der Waals surface area (Å²) in [6, 6.07) is 5.86. The number of aromatic nitrogens is 2. The van der Waals surface area contributed by atoms with Gasteiger partial charge in [-0.3, -0.25) is 18.4 Å². The zero-order valence-electron chi connectivity index (χ0n) is 23.5. The lowest BCUT2D eigenvalue weighted by molar-refractivity contribution is -0.138. The fourth-order valence-electron chi connectivity index (χ4n) is 3.97. The number of aliphatic hydroxyl groups excluding tert-OH is 2. The maximum Gasteiger partial charge on any atom is 0.416 e. The monoisotopic (exact) mass is 654 g/mol. The number of nitrogens with one attached hydrogen (secondary N) is 1. The number of ether oxygens (including phenoxy) is 1. The van der Waals surface area contributed by atoms with Crippen LogP contribution in [0.5, 0.6) is 0 Å². The van der Waals surface area contributed by atoms with Crippen molar-refractivity contribution < 1.29 is 51.6 Å². The molecule has 0 amide bonds. The molecule has 2 aromatic rings. The summed E-state index contributed by atoms with van der Waals surface area (Å²) in [5.74, 6) is -0.126. The van der Waals surface area contributed by atoms with E-state index in [1.807, 2.05) is 0 Å². The quantitative estimate of drug-likeness (QED) is 0.156. The molecular weight excluding hydrogens is 620 g/mol. The van der Waals surface area contributed by atoms with Crippen LogP contribution in [0.15, 0.2) is 41.3 Å². The van der Waals surface area contributed by atoms with Gasteiger partial charge in [-0.1, -0.05) is 30.0 Å². The Bertz CT molecular complexity index is 1390. The van der Waals surface area contributed by atoms with Crippen molar-refractivity contribution in [1.29, 1.82) is 0 Å². The first kappa shape index (κ1) is 35.1. The Hall–Kier alpha value is -2.34. The van der Waals surface area contributed by atoms with Crippen LogP contribution in [0, 0.1) is 5.41 Å². The molecule has 1 aromatic carbocycles. The number of halogens is 3. The van der Waals surface area contributed by atoms with Crippen molar-refractivity contribution in [3.05, 3.63) is 58.1 Å². The molecular formula is C25H34F3N4O9PS. The van der Waals surface area contributed by atoms with E-state index in [-0.39, 0.29) is 28.9 Å². The average Bonchev–Trinajstić information content (AvgIpc) is 3.16. The summed E-state index contributed by atoms with van der Waals surface area (Å²) in [4.78, 5) is 28.1. The van der Waals surface area contributed by atoms with Gasteiger partial charge in [0.1, 0.15) is 23.6 Å². The van der Waals surface area contributed by atoms with Crippen molar-refractivity contribution in [2.75, 3.05) is 31.3 Å². The van der Waals surface area contributed by atoms with Gasteiger partial charge < -0.3 is 25.8 Å². The Morgan fingerprint density at radius 1 is 1.28 bits per heavy atom. The molecule has 18 heteroatoms. The number of rotatable bonds is 13. The van der Waals surface area contributed by atoms with Gasteiger partial charge in [0, 0.05) is 18.5 Å². The molecule has 3 rings (SSSR count). The van der Waals surface area contributed by atoms with Crippen molar-refractivity contribution in [3.8, 4) is 0 Å². The van der Waals surface area contributed by atoms with Gasteiger partial charge >= 0.3 is 19.6 Å². The summed E-state index contributed by atoms with van der Waals surface area (Å²) >= 11 is 0.791. The Morgan fingerprint density at radius 3 is 2.58 bits per heavy atom. The number of nitrogens with zero attached hydrogens (tertiary/aromatic N) is 2. The summed E-state index contributed by atoms with van der Waals surface area (Å²) in [5.41, 5.74) is 0.282. The molecule has 1 aliphatic rings. The Kier molecular flexibility index (Phi) is 11.2. The lowest BCUT2D eigenvalue weighted by Crippen LogP contribution is -2.46. The van der Waals surface area contributed by atoms with Crippen LogP contribution in [0.2, 0.25) is 0 Å². The maximum absolute atomic E-state index is 13.7. The molecule has 43 heavy (non-hydrogen) atoms. The number of thioether (sulfide) groups is 1. The molecule has 1 aliphatic heterocycles. The average molecular weight is 655 g/mol. The predicted octanol–water partition coefficient (Wildman–Crippen LogP) is 2.06. The predicted molar refractivity (Wildman–Crippen MR) is 150 cm³/mol. The van der Waals surface area contributed by atoms with Gasteiger partial charge in [-0.05, 0) is 38.5 Å². The number of nitrogens with two attached hydrogens (primary N) is 1. The van der Waals surface area contributed by atoms with Crippen molar-refractivity contribution in [2.45, 2.75) is 57.5 Å². The van der Waals surface area contributed by atoms with Crippen LogP contribution >= 0.6 is 19.5 Å². The Labute approximate surface area is 249 Å². The number of aliphatic hydroxyl groups is 3. The summed E-state index contributed by atoms with van der Waals surface area (Å²) in [5, 5.41) is 33.0. The zero-order valence-corrected chi connectivity index (χ0v) is 25.2. The molecule has 0 bridgehead atoms. The number of carbonyl (C=O) groups excluding carboxylic acids is 1. The van der Waals surface area contributed by atoms with Crippen molar-refractivity contribution >= 4 is 30.4 Å². The van der Waals surface area contributed by atoms with E-state index in [9.17, 15) is 42.6 Å². The van der Waals surface area contributed by atoms with Crippen molar-refractivity contribution in [3.63, 3.8) is 0 Å². The van der Waals surface area contributed by atoms with E-state index in [4.69, 9.17) is 19.5 Å². The smallest absolute Gasteiger partial charge is 0.395 e. The minimum absolute atomic E-state index is 0.0389. The molecule has 5 atom stereocenters. The Balaban J connectivity index is 1.76. The molecule has 0 radical (unpaired) electrons. The molecule has 240 valence electrons. The molecule has 2 heterocycles. The van der Waals surface area contributed by atoms with E-state index in [0.717, 1.165) is 22.4 Å². The van der Waals surface area contributed by atoms with Crippen LogP contribution in [0.1, 0.15) is 38.1 Å². The Morgan fingerprint density at radius 2 is 1.95 bits per heavy atom. The molecule has 1 fully saturated rings. The highest BCUT2D eigenvalue weighted by Gasteiger charge is 2.54. The van der Waals surface area contributed by atoms with E-state index < -0.39 is 74.4 Å². The number of hydrogen-bond acceptors (Lipinski definition) is 12. The van der Waals surface area contributed by atoms with Gasteiger partial charge in [0.25, 0.3) is 0 Å². The lowest BCUT2D eigenvalue weighted by Gasteiger charge is -2.27. The third-order valence-corrected chi connectivity index (χ3v) is 9.32. The number of benzene rings is 1. The molecule has 0 aliphatic carbocycles. The largest absolute Gasteiger partial charge is 0.416 e. The first-order valence-corrected chi connectivity index (χ1v) is 15.4. The zero-order chi connectivity index (χ0) is 32.2. The van der Waals surface area contributed by atoms with Crippen LogP contribution in [0.25, 0.3) is 0 Å². The second-order valence-corrected chi connectivity index (χ2v) is 13.4. The van der Waals surface area contributed by atoms with Crippen molar-refractivity contribution in [2.24, 2.45) is 5.41 Å². The van der Waals surface area contributed by atoms with Gasteiger partial charge in [0.2, 0.25) is 0 Å². The second-order valence-electron chi connectivity index (χ2n) is 10.5. The maximum atomic E-state index is 13.7. The first-order chi connectivity index (χ1) is 19.9. The third kappa shape index (κ3) is 8.65. The highest BCUT2D eigenvalue weighted by Crippen LogP contribution is 2.47. The normalized spacial score (nSPS) is 24.2. The van der Waals surface area contributed by atoms with Gasteiger partial charge in [0.05, 0.1) is 30.8 Å². The fourth-order valence-corrected chi connectivity index (χ4v) is 6.19. The minimum atomic E-state index is -4.70. The van der Waals surface area contributed by atoms with E-state index in [2.05, 4.69) is 10.1 Å². The number of carbonyl (C=O) groups is 1.